The highest BCUT2D eigenvalue weighted by atomic mass is 32.2. The molecule has 3 rings (SSSR count). The molecule has 2 aliphatic carbocycles. The molecule has 2 aliphatic rings. The SMILES string of the molecule is OCC1(NC2CC2)CCCC1CCSc1ccccc1F. The summed E-state index contributed by atoms with van der Waals surface area (Å²) in [5, 5.41) is 13.6. The van der Waals surface area contributed by atoms with E-state index in [0.717, 1.165) is 23.5 Å². The average Bonchev–Trinajstić information content (AvgIpc) is 3.21. The third-order valence-corrected chi connectivity index (χ3v) is 5.95. The quantitative estimate of drug-likeness (QED) is 0.755. The molecule has 2 saturated carbocycles. The lowest BCUT2D eigenvalue weighted by atomic mass is 9.85. The van der Waals surface area contributed by atoms with Crippen LogP contribution in [0.25, 0.3) is 0 Å². The zero-order valence-electron chi connectivity index (χ0n) is 12.4. The van der Waals surface area contributed by atoms with Crippen LogP contribution in [0, 0.1) is 11.7 Å². The number of aliphatic hydroxyl groups excluding tert-OH is 1. The molecule has 2 nitrogen and oxygen atoms in total. The van der Waals surface area contributed by atoms with Gasteiger partial charge in [0.25, 0.3) is 0 Å². The summed E-state index contributed by atoms with van der Waals surface area (Å²) in [7, 11) is 0. The van der Waals surface area contributed by atoms with Crippen LogP contribution in [-0.2, 0) is 0 Å². The molecule has 0 radical (unpaired) electrons. The Morgan fingerprint density at radius 3 is 2.81 bits per heavy atom. The van der Waals surface area contributed by atoms with E-state index in [2.05, 4.69) is 5.32 Å². The molecule has 0 aromatic heterocycles. The number of hydrogen-bond acceptors (Lipinski definition) is 3. The van der Waals surface area contributed by atoms with E-state index in [1.165, 1.54) is 31.7 Å². The van der Waals surface area contributed by atoms with Crippen molar-refractivity contribution in [2.24, 2.45) is 5.92 Å². The highest BCUT2D eigenvalue weighted by Crippen LogP contribution is 2.41. The Morgan fingerprint density at radius 2 is 2.10 bits per heavy atom. The Balaban J connectivity index is 1.55. The topological polar surface area (TPSA) is 32.3 Å². The minimum Gasteiger partial charge on any atom is -0.394 e. The number of rotatable bonds is 7. The molecule has 116 valence electrons. The van der Waals surface area contributed by atoms with Gasteiger partial charge in [0, 0.05) is 16.5 Å². The first-order valence-corrected chi connectivity index (χ1v) is 8.98. The highest BCUT2D eigenvalue weighted by molar-refractivity contribution is 7.99. The fraction of sp³-hybridized carbons (Fsp3) is 0.647. The van der Waals surface area contributed by atoms with Crippen LogP contribution in [-0.4, -0.2) is 29.0 Å². The molecule has 2 atom stereocenters. The molecule has 2 fully saturated rings. The Morgan fingerprint density at radius 1 is 1.29 bits per heavy atom. The summed E-state index contributed by atoms with van der Waals surface area (Å²) in [5.74, 6) is 1.31. The van der Waals surface area contributed by atoms with E-state index in [1.54, 1.807) is 17.8 Å². The van der Waals surface area contributed by atoms with Gasteiger partial charge in [-0.25, -0.2) is 4.39 Å². The third kappa shape index (κ3) is 3.61. The van der Waals surface area contributed by atoms with Crippen LogP contribution in [0.15, 0.2) is 29.2 Å². The minimum atomic E-state index is -0.126. The molecule has 0 saturated heterocycles. The monoisotopic (exact) mass is 309 g/mol. The smallest absolute Gasteiger partial charge is 0.136 e. The first kappa shape index (κ1) is 15.3. The van der Waals surface area contributed by atoms with Gasteiger partial charge in [0.2, 0.25) is 0 Å². The number of benzene rings is 1. The van der Waals surface area contributed by atoms with Crippen molar-refractivity contribution in [3.63, 3.8) is 0 Å². The molecular weight excluding hydrogens is 285 g/mol. The normalized spacial score (nSPS) is 29.0. The van der Waals surface area contributed by atoms with Gasteiger partial charge in [0.1, 0.15) is 5.82 Å². The van der Waals surface area contributed by atoms with Crippen LogP contribution in [0.1, 0.15) is 38.5 Å². The zero-order chi connectivity index (χ0) is 14.7. The van der Waals surface area contributed by atoms with Crippen molar-refractivity contribution in [1.29, 1.82) is 0 Å². The molecule has 0 spiro atoms. The summed E-state index contributed by atoms with van der Waals surface area (Å²) in [6.07, 6.45) is 6.98. The maximum Gasteiger partial charge on any atom is 0.136 e. The van der Waals surface area contributed by atoms with Crippen molar-refractivity contribution < 1.29 is 9.50 Å². The maximum atomic E-state index is 13.6. The molecule has 21 heavy (non-hydrogen) atoms. The summed E-state index contributed by atoms with van der Waals surface area (Å²) < 4.78 is 13.6. The summed E-state index contributed by atoms with van der Waals surface area (Å²) in [6, 6.07) is 7.60. The number of hydrogen-bond donors (Lipinski definition) is 2. The molecule has 2 N–H and O–H groups in total. The first-order chi connectivity index (χ1) is 10.2. The standard InChI is InChI=1S/C17H24FNOS/c18-15-5-1-2-6-16(15)21-11-9-13-4-3-10-17(13,12-20)19-14-7-8-14/h1-2,5-6,13-14,19-20H,3-4,7-12H2. The van der Waals surface area contributed by atoms with Crippen LogP contribution in [0.3, 0.4) is 0 Å². The fourth-order valence-electron chi connectivity index (χ4n) is 3.52. The average molecular weight is 309 g/mol. The molecule has 1 aromatic rings. The molecule has 1 aromatic carbocycles. The Labute approximate surface area is 130 Å². The second-order valence-electron chi connectivity index (χ2n) is 6.39. The third-order valence-electron chi connectivity index (χ3n) is 4.87. The number of nitrogens with one attached hydrogen (secondary N) is 1. The molecule has 0 bridgehead atoms. The van der Waals surface area contributed by atoms with Crippen LogP contribution >= 0.6 is 11.8 Å². The predicted molar refractivity (Wildman–Crippen MR) is 85.1 cm³/mol. The molecule has 4 heteroatoms. The van der Waals surface area contributed by atoms with Gasteiger partial charge in [0.15, 0.2) is 0 Å². The lowest BCUT2D eigenvalue weighted by Crippen LogP contribution is -2.52. The lowest BCUT2D eigenvalue weighted by Gasteiger charge is -2.35. The first-order valence-electron chi connectivity index (χ1n) is 7.99. The second-order valence-corrected chi connectivity index (χ2v) is 7.53. The minimum absolute atomic E-state index is 0.0725. The van der Waals surface area contributed by atoms with Crippen LogP contribution in [0.2, 0.25) is 0 Å². The van der Waals surface area contributed by atoms with Crippen LogP contribution < -0.4 is 5.32 Å². The van der Waals surface area contributed by atoms with Gasteiger partial charge in [-0.2, -0.15) is 0 Å². The summed E-state index contributed by atoms with van der Waals surface area (Å²) in [5.41, 5.74) is -0.0725. The zero-order valence-corrected chi connectivity index (χ0v) is 13.2. The lowest BCUT2D eigenvalue weighted by molar-refractivity contribution is 0.120. The van der Waals surface area contributed by atoms with Crippen molar-refractivity contribution in [3.05, 3.63) is 30.1 Å². The molecule has 0 heterocycles. The Bertz CT molecular complexity index is 480. The van der Waals surface area contributed by atoms with E-state index in [1.807, 2.05) is 12.1 Å². The number of thioether (sulfide) groups is 1. The maximum absolute atomic E-state index is 13.6. The van der Waals surface area contributed by atoms with E-state index in [0.29, 0.717) is 12.0 Å². The fourth-order valence-corrected chi connectivity index (χ4v) is 4.52. The van der Waals surface area contributed by atoms with Crippen molar-refractivity contribution in [3.8, 4) is 0 Å². The van der Waals surface area contributed by atoms with E-state index in [4.69, 9.17) is 0 Å². The second kappa shape index (κ2) is 6.67. The van der Waals surface area contributed by atoms with Gasteiger partial charge in [0.05, 0.1) is 6.61 Å². The van der Waals surface area contributed by atoms with Crippen molar-refractivity contribution in [2.75, 3.05) is 12.4 Å². The van der Waals surface area contributed by atoms with E-state index in [9.17, 15) is 9.50 Å². The largest absolute Gasteiger partial charge is 0.394 e. The van der Waals surface area contributed by atoms with E-state index < -0.39 is 0 Å². The van der Waals surface area contributed by atoms with Crippen LogP contribution in [0.5, 0.6) is 0 Å². The number of aliphatic hydroxyl groups is 1. The van der Waals surface area contributed by atoms with Crippen molar-refractivity contribution in [2.45, 2.75) is 55.0 Å². The van der Waals surface area contributed by atoms with Gasteiger partial charge in [-0.05, 0) is 55.9 Å². The van der Waals surface area contributed by atoms with Gasteiger partial charge < -0.3 is 10.4 Å². The Kier molecular flexibility index (Phi) is 4.87. The van der Waals surface area contributed by atoms with Crippen LogP contribution in [0.4, 0.5) is 4.39 Å². The summed E-state index contributed by atoms with van der Waals surface area (Å²) >= 11 is 1.60. The summed E-state index contributed by atoms with van der Waals surface area (Å²) in [6.45, 7) is 0.235. The molecule has 2 unspecified atom stereocenters. The van der Waals surface area contributed by atoms with Crippen molar-refractivity contribution in [1.82, 2.24) is 5.32 Å². The molecule has 0 amide bonds. The summed E-state index contributed by atoms with van der Waals surface area (Å²) in [4.78, 5) is 0.736. The number of halogens is 1. The van der Waals surface area contributed by atoms with Crippen molar-refractivity contribution >= 4 is 11.8 Å². The van der Waals surface area contributed by atoms with Gasteiger partial charge in [-0.15, -0.1) is 11.8 Å². The molecule has 0 aliphatic heterocycles. The molecular formula is C17H24FNOS. The van der Waals surface area contributed by atoms with E-state index >= 15 is 0 Å². The van der Waals surface area contributed by atoms with Gasteiger partial charge in [-0.3, -0.25) is 0 Å². The Hall–Kier alpha value is -0.580. The highest BCUT2D eigenvalue weighted by Gasteiger charge is 2.44. The van der Waals surface area contributed by atoms with E-state index in [-0.39, 0.29) is 18.0 Å². The van der Waals surface area contributed by atoms with Gasteiger partial charge >= 0.3 is 0 Å². The predicted octanol–water partition coefficient (Wildman–Crippen LogP) is 3.59. The van der Waals surface area contributed by atoms with Gasteiger partial charge in [-0.1, -0.05) is 18.6 Å².